The number of hydrogen-bond acceptors (Lipinski definition) is 3. The summed E-state index contributed by atoms with van der Waals surface area (Å²) < 4.78 is 0. The van der Waals surface area contributed by atoms with Gasteiger partial charge in [0.2, 0.25) is 11.8 Å². The summed E-state index contributed by atoms with van der Waals surface area (Å²) in [6.45, 7) is 4.49. The molecule has 4 rings (SSSR count). The van der Waals surface area contributed by atoms with Crippen LogP contribution in [0.1, 0.15) is 50.2 Å². The summed E-state index contributed by atoms with van der Waals surface area (Å²) in [4.78, 5) is 29.5. The molecular formula is C25H30N2O2S. The Kier molecular flexibility index (Phi) is 6.47. The van der Waals surface area contributed by atoms with Gasteiger partial charge in [-0.15, -0.1) is 11.8 Å². The molecule has 0 aromatic heterocycles. The zero-order chi connectivity index (χ0) is 21.1. The van der Waals surface area contributed by atoms with Crippen LogP contribution in [0.25, 0.3) is 0 Å². The number of thioether (sulfide) groups is 1. The van der Waals surface area contributed by atoms with Crippen LogP contribution >= 0.6 is 11.8 Å². The maximum atomic E-state index is 13.6. The molecule has 5 heteroatoms. The molecule has 1 saturated carbocycles. The van der Waals surface area contributed by atoms with Crippen molar-refractivity contribution in [3.05, 3.63) is 59.7 Å². The SMILES string of the molecule is Cc1ccccc1CN1C(=O)C(C(C)C(=O)NC2CCCCC2)Sc2ccccc21. The van der Waals surface area contributed by atoms with Crippen molar-refractivity contribution in [2.24, 2.45) is 5.92 Å². The van der Waals surface area contributed by atoms with Gasteiger partial charge in [-0.2, -0.15) is 0 Å². The van der Waals surface area contributed by atoms with Gasteiger partial charge in [0.05, 0.1) is 18.2 Å². The monoisotopic (exact) mass is 422 g/mol. The third-order valence-corrected chi connectivity index (χ3v) is 7.79. The number of fused-ring (bicyclic) bond motifs is 1. The number of amides is 2. The number of hydrogen-bond donors (Lipinski definition) is 1. The second kappa shape index (κ2) is 9.25. The van der Waals surface area contributed by atoms with Gasteiger partial charge in [-0.1, -0.05) is 62.6 Å². The molecule has 0 spiro atoms. The minimum Gasteiger partial charge on any atom is -0.353 e. The van der Waals surface area contributed by atoms with Crippen molar-refractivity contribution in [1.82, 2.24) is 5.32 Å². The fraction of sp³-hybridized carbons (Fsp3) is 0.440. The third kappa shape index (κ3) is 4.41. The van der Waals surface area contributed by atoms with Gasteiger partial charge in [-0.3, -0.25) is 9.59 Å². The minimum atomic E-state index is -0.410. The molecule has 1 fully saturated rings. The Bertz CT molecular complexity index is 923. The highest BCUT2D eigenvalue weighted by Gasteiger charge is 2.39. The van der Waals surface area contributed by atoms with E-state index >= 15 is 0 Å². The molecule has 4 nitrogen and oxygen atoms in total. The van der Waals surface area contributed by atoms with Crippen LogP contribution < -0.4 is 10.2 Å². The molecule has 1 aliphatic heterocycles. The van der Waals surface area contributed by atoms with Crippen LogP contribution in [0, 0.1) is 12.8 Å². The van der Waals surface area contributed by atoms with Crippen LogP contribution in [0.2, 0.25) is 0 Å². The Balaban J connectivity index is 1.56. The van der Waals surface area contributed by atoms with Gasteiger partial charge in [0.1, 0.15) is 5.25 Å². The van der Waals surface area contributed by atoms with Crippen molar-refractivity contribution in [2.45, 2.75) is 68.7 Å². The number of aryl methyl sites for hydroxylation is 1. The van der Waals surface area contributed by atoms with Gasteiger partial charge in [0, 0.05) is 10.9 Å². The van der Waals surface area contributed by atoms with Crippen LogP contribution in [0.5, 0.6) is 0 Å². The third-order valence-electron chi connectivity index (χ3n) is 6.33. The lowest BCUT2D eigenvalue weighted by Gasteiger charge is -2.36. The predicted molar refractivity (Wildman–Crippen MR) is 123 cm³/mol. The largest absolute Gasteiger partial charge is 0.353 e. The second-order valence-electron chi connectivity index (χ2n) is 8.49. The molecule has 2 unspecified atom stereocenters. The maximum absolute atomic E-state index is 13.6. The van der Waals surface area contributed by atoms with Crippen LogP contribution in [0.15, 0.2) is 53.4 Å². The number of benzene rings is 2. The van der Waals surface area contributed by atoms with Gasteiger partial charge in [0.25, 0.3) is 0 Å². The summed E-state index contributed by atoms with van der Waals surface area (Å²) in [5.74, 6) is -0.353. The van der Waals surface area contributed by atoms with E-state index < -0.39 is 5.25 Å². The fourth-order valence-electron chi connectivity index (χ4n) is 4.39. The lowest BCUT2D eigenvalue weighted by molar-refractivity contribution is -0.129. The first kappa shape index (κ1) is 21.0. The lowest BCUT2D eigenvalue weighted by Crippen LogP contribution is -2.49. The van der Waals surface area contributed by atoms with Crippen LogP contribution in [0.3, 0.4) is 0 Å². The fourth-order valence-corrected chi connectivity index (χ4v) is 5.68. The summed E-state index contributed by atoms with van der Waals surface area (Å²) in [5.41, 5.74) is 3.23. The molecule has 2 aromatic rings. The molecule has 2 aliphatic rings. The van der Waals surface area contributed by atoms with E-state index in [4.69, 9.17) is 0 Å². The average Bonchev–Trinajstić information content (AvgIpc) is 2.77. The molecule has 1 N–H and O–H groups in total. The molecular weight excluding hydrogens is 392 g/mol. The zero-order valence-electron chi connectivity index (χ0n) is 17.8. The number of carbonyl (C=O) groups is 2. The van der Waals surface area contributed by atoms with Crippen molar-refractivity contribution < 1.29 is 9.59 Å². The van der Waals surface area contributed by atoms with Crippen molar-refractivity contribution in [3.63, 3.8) is 0 Å². The molecule has 1 heterocycles. The lowest BCUT2D eigenvalue weighted by atomic mass is 9.94. The molecule has 0 radical (unpaired) electrons. The topological polar surface area (TPSA) is 49.4 Å². The van der Waals surface area contributed by atoms with E-state index in [0.717, 1.165) is 29.0 Å². The van der Waals surface area contributed by atoms with Gasteiger partial charge >= 0.3 is 0 Å². The first-order valence-corrected chi connectivity index (χ1v) is 11.8. The van der Waals surface area contributed by atoms with Gasteiger partial charge in [-0.25, -0.2) is 0 Å². The van der Waals surface area contributed by atoms with Gasteiger partial charge in [0.15, 0.2) is 0 Å². The number of rotatable bonds is 5. The van der Waals surface area contributed by atoms with E-state index in [1.807, 2.05) is 42.2 Å². The second-order valence-corrected chi connectivity index (χ2v) is 9.67. The van der Waals surface area contributed by atoms with E-state index in [9.17, 15) is 9.59 Å². The Morgan fingerprint density at radius 2 is 1.80 bits per heavy atom. The molecule has 2 amide bonds. The van der Waals surface area contributed by atoms with Crippen molar-refractivity contribution in [2.75, 3.05) is 4.90 Å². The van der Waals surface area contributed by atoms with E-state index in [1.165, 1.54) is 36.6 Å². The Morgan fingerprint density at radius 1 is 1.10 bits per heavy atom. The van der Waals surface area contributed by atoms with Gasteiger partial charge < -0.3 is 10.2 Å². The Morgan fingerprint density at radius 3 is 2.57 bits per heavy atom. The highest BCUT2D eigenvalue weighted by atomic mass is 32.2. The highest BCUT2D eigenvalue weighted by Crippen LogP contribution is 2.42. The Hall–Kier alpha value is -2.27. The molecule has 1 aliphatic carbocycles. The van der Waals surface area contributed by atoms with Gasteiger partial charge in [-0.05, 0) is 43.0 Å². The number of para-hydroxylation sites is 1. The summed E-state index contributed by atoms with van der Waals surface area (Å²) in [6.07, 6.45) is 5.70. The summed E-state index contributed by atoms with van der Waals surface area (Å²) in [5, 5.41) is 2.80. The average molecular weight is 423 g/mol. The first-order valence-electron chi connectivity index (χ1n) is 11.0. The quantitative estimate of drug-likeness (QED) is 0.730. The van der Waals surface area contributed by atoms with E-state index in [-0.39, 0.29) is 23.8 Å². The number of nitrogens with one attached hydrogen (secondary N) is 1. The molecule has 0 saturated heterocycles. The van der Waals surface area contributed by atoms with Crippen LogP contribution in [-0.2, 0) is 16.1 Å². The maximum Gasteiger partial charge on any atom is 0.241 e. The zero-order valence-corrected chi connectivity index (χ0v) is 18.6. The summed E-state index contributed by atoms with van der Waals surface area (Å²) in [7, 11) is 0. The van der Waals surface area contributed by atoms with Crippen molar-refractivity contribution in [3.8, 4) is 0 Å². The Labute approximate surface area is 183 Å². The number of carbonyl (C=O) groups excluding carboxylic acids is 2. The van der Waals surface area contributed by atoms with E-state index in [2.05, 4.69) is 30.4 Å². The smallest absolute Gasteiger partial charge is 0.241 e. The van der Waals surface area contributed by atoms with Crippen LogP contribution in [0.4, 0.5) is 5.69 Å². The molecule has 30 heavy (non-hydrogen) atoms. The van der Waals surface area contributed by atoms with Crippen molar-refractivity contribution in [1.29, 1.82) is 0 Å². The van der Waals surface area contributed by atoms with E-state index in [0.29, 0.717) is 6.54 Å². The molecule has 2 atom stereocenters. The summed E-state index contributed by atoms with van der Waals surface area (Å²) in [6, 6.07) is 16.4. The van der Waals surface area contributed by atoms with Crippen LogP contribution in [-0.4, -0.2) is 23.1 Å². The molecule has 158 valence electrons. The highest BCUT2D eigenvalue weighted by molar-refractivity contribution is 8.01. The minimum absolute atomic E-state index is 0.00275. The molecule has 2 aromatic carbocycles. The normalized spacial score (nSPS) is 20.5. The number of nitrogens with zero attached hydrogens (tertiary/aromatic N) is 1. The van der Waals surface area contributed by atoms with Crippen molar-refractivity contribution >= 4 is 29.3 Å². The predicted octanol–water partition coefficient (Wildman–Crippen LogP) is 5.09. The number of anilines is 1. The first-order chi connectivity index (χ1) is 14.5. The van der Waals surface area contributed by atoms with E-state index in [1.54, 1.807) is 0 Å². The summed E-state index contributed by atoms with van der Waals surface area (Å²) >= 11 is 1.53. The standard InChI is InChI=1S/C25H30N2O2S/c1-17-10-6-7-11-19(17)16-27-21-14-8-9-15-22(21)30-23(25(27)29)18(2)24(28)26-20-12-4-3-5-13-20/h6-11,14-15,18,20,23H,3-5,12-13,16H2,1-2H3,(H,26,28). The molecule has 0 bridgehead atoms.